The summed E-state index contributed by atoms with van der Waals surface area (Å²) >= 11 is 0. The van der Waals surface area contributed by atoms with Gasteiger partial charge in [-0.25, -0.2) is 14.5 Å². The number of rotatable bonds is 6. The highest BCUT2D eigenvalue weighted by atomic mass is 32.2. The van der Waals surface area contributed by atoms with Gasteiger partial charge in [0.1, 0.15) is 5.78 Å². The van der Waals surface area contributed by atoms with Crippen LogP contribution in [-0.4, -0.2) is 146 Å². The molecule has 19 heteroatoms. The third-order valence-corrected chi connectivity index (χ3v) is 51.4. The first kappa shape index (κ1) is 101. The molecule has 43 atom stereocenters. The van der Waals surface area contributed by atoms with Crippen molar-refractivity contribution in [2.45, 2.75) is 477 Å². The number of aromatic nitrogens is 6. The van der Waals surface area contributed by atoms with Crippen molar-refractivity contribution in [2.75, 3.05) is 27.2 Å². The average molecular weight is 1970 g/mol. The fraction of sp³-hybridized carbons (Fsp3) is 0.886. The molecule has 142 heavy (non-hydrogen) atoms. The summed E-state index contributed by atoms with van der Waals surface area (Å²) < 4.78 is 58.8. The summed E-state index contributed by atoms with van der Waals surface area (Å²) in [6.45, 7) is 41.5. The monoisotopic (exact) mass is 1970 g/mol. The minimum absolute atomic E-state index is 0.0135. The molecule has 0 radical (unpaired) electrons. The van der Waals surface area contributed by atoms with Gasteiger partial charge in [-0.15, -0.1) is 10.2 Å². The maximum atomic E-state index is 12.7. The Hall–Kier alpha value is -3.95. The van der Waals surface area contributed by atoms with Crippen molar-refractivity contribution in [3.05, 3.63) is 69.4 Å². The van der Waals surface area contributed by atoms with Crippen molar-refractivity contribution in [1.82, 2.24) is 44.5 Å². The molecular weight excluding hydrogens is 1780 g/mol. The second-order valence-corrected chi connectivity index (χ2v) is 58.7. The third kappa shape index (κ3) is 17.4. The van der Waals surface area contributed by atoms with Crippen molar-refractivity contribution < 1.29 is 37.0 Å². The van der Waals surface area contributed by atoms with E-state index in [4.69, 9.17) is 24.1 Å². The molecular formula is C123H192N10O8S. The molecule has 2 aromatic rings. The summed E-state index contributed by atoms with van der Waals surface area (Å²) in [7, 11) is 0.117. The van der Waals surface area contributed by atoms with E-state index in [1.165, 1.54) is 231 Å². The number of hydrogen-bond donors (Lipinski definition) is 2. The summed E-state index contributed by atoms with van der Waals surface area (Å²) in [6, 6.07) is 1.48. The van der Waals surface area contributed by atoms with Gasteiger partial charge in [-0.3, -0.25) is 14.5 Å². The molecule has 2 aromatic heterocycles. The zero-order chi connectivity index (χ0) is 98.9. The van der Waals surface area contributed by atoms with Crippen LogP contribution in [0.1, 0.15) is 418 Å². The van der Waals surface area contributed by atoms with Gasteiger partial charge in [-0.1, -0.05) is 157 Å². The highest BCUT2D eigenvalue weighted by Gasteiger charge is 2.67. The SMILES string of the molecule is CC1=C2C[C@H]3[C@@H](CC[C@@H]4CC(=O)CC[C@@]43C)[C@@H]2CC[C@@]2(C1)O[C@@H]1C[C@H](C)CN(CC(=O)N(C)C)[C@H]1[C@H]2C.CC1=C2C[C@H]3[C@@H](CC[C@@H]4C[C@@H](NS(N)(=O)=O)CC[C@@]43C)[C@@H]2CC[C@@]2(C1)O[C@@H]1C[C@H](C)CC[C@H]1[C@H]2C.CC1=C2C[C@H]3[C@@H](CC[C@@H]4C[C@@H](n5ccnn5)CC[C@@]43C)[C@@H]2CC[C@@]2(C1)O[C@@H]1C[C@H](C)CC[C@H]1[C@H]2C.CC1=C2C[C@H]3[C@@H](CC[C@@H]4C[C@H](n5ccnn5)CC[C@@]43C)[C@@H]2CC[C@@]2(C1)O[C@@H]1C[C@H](C)CC[C@H]1[C@H]2C. The molecule has 0 unspecified atom stereocenters. The van der Waals surface area contributed by atoms with Gasteiger partial charge in [0.05, 0.1) is 77.8 Å². The minimum atomic E-state index is -3.62. The fourth-order valence-electron chi connectivity index (χ4n) is 42.8. The minimum Gasteiger partial charge on any atom is -0.371 e. The predicted molar refractivity (Wildman–Crippen MR) is 563 cm³/mol. The molecule has 7 heterocycles. The number of ether oxygens (including phenoxy) is 4. The van der Waals surface area contributed by atoms with Crippen LogP contribution in [-0.2, 0) is 38.7 Å². The van der Waals surface area contributed by atoms with Crippen LogP contribution in [0.15, 0.2) is 69.4 Å². The zero-order valence-electron chi connectivity index (χ0n) is 91.8. The summed E-state index contributed by atoms with van der Waals surface area (Å²) in [5, 5.41) is 22.2. The van der Waals surface area contributed by atoms with Crippen LogP contribution < -0.4 is 9.86 Å². The molecule has 18 nitrogen and oxygen atoms in total. The average Bonchev–Trinajstić information content (AvgIpc) is 1.57. The number of likely N-dealkylation sites (tertiary alicyclic amines) is 1. The number of carbonyl (C=O) groups is 2. The first-order valence-corrected chi connectivity index (χ1v) is 61.7. The van der Waals surface area contributed by atoms with E-state index in [0.717, 1.165) is 195 Å². The van der Waals surface area contributed by atoms with E-state index < -0.39 is 10.2 Å². The van der Waals surface area contributed by atoms with Gasteiger partial charge in [0.15, 0.2) is 0 Å². The highest BCUT2D eigenvalue weighted by molar-refractivity contribution is 7.87. The van der Waals surface area contributed by atoms with Crippen molar-refractivity contribution in [1.29, 1.82) is 0 Å². The van der Waals surface area contributed by atoms with Gasteiger partial charge < -0.3 is 23.8 Å². The Morgan fingerprint density at radius 2 is 0.754 bits per heavy atom. The van der Waals surface area contributed by atoms with Crippen molar-refractivity contribution in [3.63, 3.8) is 0 Å². The first-order valence-electron chi connectivity index (χ1n) is 60.2. The topological polar surface area (TPSA) is 211 Å². The molecule has 26 rings (SSSR count). The Balaban J connectivity index is 0.000000105. The lowest BCUT2D eigenvalue weighted by Crippen LogP contribution is -2.54. The van der Waals surface area contributed by atoms with Gasteiger partial charge >= 0.3 is 0 Å². The lowest BCUT2D eigenvalue weighted by atomic mass is 9.52. The van der Waals surface area contributed by atoms with Crippen molar-refractivity contribution >= 4 is 21.9 Å². The van der Waals surface area contributed by atoms with E-state index in [0.29, 0.717) is 106 Å². The number of allylic oxidation sites excluding steroid dienone is 4. The molecule has 3 N–H and O–H groups in total. The Kier molecular flexibility index (Phi) is 27.2. The lowest BCUT2D eigenvalue weighted by molar-refractivity contribution is -0.132. The number of amides is 1. The number of likely N-dealkylation sites (N-methyl/N-ethyl adjacent to an activating group) is 1. The number of piperidine rings is 1. The first-order chi connectivity index (χ1) is 67.8. The molecule has 24 aliphatic rings. The molecule has 15 saturated carbocycles. The molecule has 0 bridgehead atoms. The van der Waals surface area contributed by atoms with E-state index in [2.05, 4.69) is 163 Å². The van der Waals surface area contributed by atoms with E-state index in [9.17, 15) is 18.0 Å². The number of nitrogens with two attached hydrogens (primary N) is 1. The van der Waals surface area contributed by atoms with Gasteiger partial charge in [0, 0.05) is 63.9 Å². The fourth-order valence-corrected chi connectivity index (χ4v) is 43.5. The number of nitrogens with zero attached hydrogens (tertiary/aromatic N) is 8. The Morgan fingerprint density at radius 3 is 1.13 bits per heavy atom. The Labute approximate surface area is 858 Å². The quantitative estimate of drug-likeness (QED) is 0.258. The van der Waals surface area contributed by atoms with E-state index in [1.807, 2.05) is 37.6 Å². The molecule has 20 fully saturated rings. The summed E-state index contributed by atoms with van der Waals surface area (Å²) in [4.78, 5) is 29.2. The van der Waals surface area contributed by atoms with Crippen LogP contribution in [0.2, 0.25) is 0 Å². The Bertz CT molecular complexity index is 5060. The molecule has 4 spiro atoms. The van der Waals surface area contributed by atoms with Crippen LogP contribution in [0.25, 0.3) is 0 Å². The number of ketones is 1. The van der Waals surface area contributed by atoms with E-state index >= 15 is 0 Å². The van der Waals surface area contributed by atoms with Crippen molar-refractivity contribution in [3.8, 4) is 0 Å². The smallest absolute Gasteiger partial charge is 0.274 e. The van der Waals surface area contributed by atoms with Gasteiger partial charge in [-0.2, -0.15) is 13.1 Å². The number of carbonyl (C=O) groups excluding carboxylic acids is 2. The standard InChI is InChI=1S/C32H50N2O3.2C31H47N3O.C29H48N2O3S/c1-19-13-28-30(34(17-19)18-29(36)33(5)6)21(3)32(37-28)12-10-24-25-8-7-22-14-23(35)9-11-31(22,4)27(25)15-26(24)20(2)16-32;2*1-19-5-7-24-21(3)31(35-29(24)15-19)12-10-25-26-8-6-22-16-23(34-14-13-32-33-34)9-11-30(22,4)28(26)17-27(25)20(2)18-31;1-17-5-7-22-19(3)29(34-27(22)13-17)12-10-23-24-8-6-20-14-21(31-35(30,32)33)9-11-28(20,4)26(24)15-25(23)18(2)16-29/h19,21-22,24-25,27-28,30H,7-18H2,1-6H3;2*13-14,19,21-26,28-29H,5-12,15-18H2,1-4H3;17,19-24,26-27,31H,5-16H2,1-4H3,(H2,30,32,33)/t19-,21+,22+,24-,25-,27-,28+,30-,31-,32-;19-,21-,22-,23+,24+,25+,26+,28+,29-,30+,31+;19-,21-,22-,23-,24+,25+,26+,28+,29-,30+,31+;17-,19-,20-,21+,22+,23+,24+,26+,27-,28+,29+/m0111/s1. The van der Waals surface area contributed by atoms with Gasteiger partial charge in [0.2, 0.25) is 5.91 Å². The maximum Gasteiger partial charge on any atom is 0.274 e. The van der Waals surface area contributed by atoms with Crippen LogP contribution in [0.4, 0.5) is 0 Å². The van der Waals surface area contributed by atoms with Crippen LogP contribution in [0.3, 0.4) is 0 Å². The lowest BCUT2D eigenvalue weighted by Gasteiger charge is -2.54. The zero-order valence-corrected chi connectivity index (χ0v) is 92.6. The third-order valence-electron chi connectivity index (χ3n) is 50.7. The second kappa shape index (κ2) is 38.1. The molecule has 0 aromatic carbocycles. The normalized spacial score (nSPS) is 50.6. The van der Waals surface area contributed by atoms with Crippen LogP contribution >= 0.6 is 0 Å². The predicted octanol–water partition coefficient (Wildman–Crippen LogP) is 26.0. The van der Waals surface area contributed by atoms with Crippen LogP contribution in [0.5, 0.6) is 0 Å². The number of fused-ring (bicyclic) bond motifs is 24. The molecule has 5 aliphatic heterocycles. The van der Waals surface area contributed by atoms with Gasteiger partial charge in [-0.05, 0) is 466 Å². The van der Waals surface area contributed by atoms with Gasteiger partial charge in [0.25, 0.3) is 10.2 Å². The summed E-state index contributed by atoms with van der Waals surface area (Å²) in [6.07, 6.45) is 67.8. The van der Waals surface area contributed by atoms with Crippen molar-refractivity contribution in [2.24, 2.45) is 187 Å². The highest BCUT2D eigenvalue weighted by Crippen LogP contribution is 2.73. The number of Topliss-reactive ketones (excluding diaryl/α,β-unsaturated/α-hetero) is 1. The second-order valence-electron chi connectivity index (χ2n) is 57.4. The molecule has 19 aliphatic carbocycles. The molecule has 788 valence electrons. The summed E-state index contributed by atoms with van der Waals surface area (Å²) in [5.41, 5.74) is 16.0. The largest absolute Gasteiger partial charge is 0.371 e. The summed E-state index contributed by atoms with van der Waals surface area (Å²) in [5.74, 6) is 21.5. The van der Waals surface area contributed by atoms with E-state index in [1.54, 1.807) is 38.3 Å². The Morgan fingerprint density at radius 1 is 0.408 bits per heavy atom. The number of nitrogens with one attached hydrogen (secondary N) is 1. The van der Waals surface area contributed by atoms with E-state index in [-0.39, 0.29) is 40.5 Å². The maximum absolute atomic E-state index is 12.7. The molecule has 5 saturated heterocycles. The number of hydrogen-bond acceptors (Lipinski definition) is 13. The molecule has 1 amide bonds. The van der Waals surface area contributed by atoms with Crippen LogP contribution in [0, 0.1) is 181 Å².